The standard InChI is InChI=1S/C29H38N2O4/c1-4-34-29(33)14-10-22-9-11-25(17-30)28(16-22)35-19-26(32)18-31-20(2)15-24-13-12-23-7-5-6-8-27(23)21(24)3/h9,11-13,16,20,26,31-32H,4-8,10,14-15,18-19H2,1-3H3/t20-,26-/m1/s1. The number of carbonyl (C=O) groups is 1. The molecule has 0 bridgehead atoms. The van der Waals surface area contributed by atoms with Gasteiger partial charge in [0.1, 0.15) is 24.5 Å². The van der Waals surface area contributed by atoms with Crippen LogP contribution in [-0.4, -0.2) is 43.0 Å². The van der Waals surface area contributed by atoms with Crippen molar-refractivity contribution in [2.75, 3.05) is 19.8 Å². The van der Waals surface area contributed by atoms with Gasteiger partial charge < -0.3 is 19.9 Å². The van der Waals surface area contributed by atoms with Crippen LogP contribution in [0.2, 0.25) is 0 Å². The van der Waals surface area contributed by atoms with Crippen molar-refractivity contribution in [1.29, 1.82) is 5.26 Å². The quantitative estimate of drug-likeness (QED) is 0.444. The summed E-state index contributed by atoms with van der Waals surface area (Å²) < 4.78 is 10.8. The molecule has 188 valence electrons. The molecule has 1 aliphatic carbocycles. The highest BCUT2D eigenvalue weighted by Crippen LogP contribution is 2.27. The Morgan fingerprint density at radius 3 is 2.80 bits per heavy atom. The van der Waals surface area contributed by atoms with Crippen LogP contribution in [0.15, 0.2) is 30.3 Å². The summed E-state index contributed by atoms with van der Waals surface area (Å²) in [5, 5.41) is 23.3. The molecule has 2 aromatic rings. The molecule has 0 saturated heterocycles. The Kier molecular flexibility index (Phi) is 10.1. The Labute approximate surface area is 209 Å². The van der Waals surface area contributed by atoms with E-state index in [0.29, 0.717) is 30.9 Å². The molecule has 0 saturated carbocycles. The minimum absolute atomic E-state index is 0.0770. The van der Waals surface area contributed by atoms with Crippen LogP contribution in [0.25, 0.3) is 0 Å². The highest BCUT2D eigenvalue weighted by atomic mass is 16.5. The lowest BCUT2D eigenvalue weighted by Gasteiger charge is -2.23. The first kappa shape index (κ1) is 26.7. The van der Waals surface area contributed by atoms with Gasteiger partial charge in [-0.25, -0.2) is 0 Å². The fourth-order valence-corrected chi connectivity index (χ4v) is 4.68. The van der Waals surface area contributed by atoms with Crippen LogP contribution in [0.4, 0.5) is 0 Å². The lowest BCUT2D eigenvalue weighted by molar-refractivity contribution is -0.143. The second-order valence-electron chi connectivity index (χ2n) is 9.42. The largest absolute Gasteiger partial charge is 0.489 e. The number of aliphatic hydroxyl groups excluding tert-OH is 1. The predicted octanol–water partition coefficient (Wildman–Crippen LogP) is 4.20. The number of fused-ring (bicyclic) bond motifs is 1. The van der Waals surface area contributed by atoms with Gasteiger partial charge in [0, 0.05) is 19.0 Å². The number of benzene rings is 2. The zero-order valence-corrected chi connectivity index (χ0v) is 21.2. The number of hydrogen-bond acceptors (Lipinski definition) is 6. The fourth-order valence-electron chi connectivity index (χ4n) is 4.68. The van der Waals surface area contributed by atoms with Gasteiger partial charge in [-0.15, -0.1) is 0 Å². The molecule has 1 aliphatic rings. The number of esters is 1. The number of hydrogen-bond donors (Lipinski definition) is 2. The van der Waals surface area contributed by atoms with Crippen molar-refractivity contribution in [2.24, 2.45) is 0 Å². The third-order valence-corrected chi connectivity index (χ3v) is 6.68. The van der Waals surface area contributed by atoms with E-state index in [1.54, 1.807) is 19.1 Å². The molecule has 0 aliphatic heterocycles. The topological polar surface area (TPSA) is 91.6 Å². The Balaban J connectivity index is 1.48. The van der Waals surface area contributed by atoms with Crippen molar-refractivity contribution in [1.82, 2.24) is 5.32 Å². The van der Waals surface area contributed by atoms with Crippen LogP contribution in [0.5, 0.6) is 5.75 Å². The van der Waals surface area contributed by atoms with Gasteiger partial charge in [0.25, 0.3) is 0 Å². The van der Waals surface area contributed by atoms with E-state index in [9.17, 15) is 15.2 Å². The van der Waals surface area contributed by atoms with Gasteiger partial charge in [-0.05, 0) is 99.2 Å². The van der Waals surface area contributed by atoms with Crippen molar-refractivity contribution in [3.05, 3.63) is 63.7 Å². The van der Waals surface area contributed by atoms with Gasteiger partial charge in [0.05, 0.1) is 12.2 Å². The summed E-state index contributed by atoms with van der Waals surface area (Å²) in [6.45, 7) is 6.98. The molecule has 0 fully saturated rings. The normalized spacial score (nSPS) is 14.5. The number of nitrogens with one attached hydrogen (secondary N) is 1. The van der Waals surface area contributed by atoms with E-state index in [0.717, 1.165) is 12.0 Å². The first-order valence-corrected chi connectivity index (χ1v) is 12.7. The summed E-state index contributed by atoms with van der Waals surface area (Å²) in [6.07, 6.45) is 5.92. The molecule has 0 aromatic heterocycles. The Morgan fingerprint density at radius 2 is 2.03 bits per heavy atom. The molecule has 0 radical (unpaired) electrons. The molecule has 2 aromatic carbocycles. The van der Waals surface area contributed by atoms with Gasteiger partial charge in [0.15, 0.2) is 0 Å². The minimum Gasteiger partial charge on any atom is -0.489 e. The van der Waals surface area contributed by atoms with Crippen LogP contribution in [0, 0.1) is 18.3 Å². The number of aliphatic hydroxyl groups is 1. The minimum atomic E-state index is -0.711. The highest BCUT2D eigenvalue weighted by Gasteiger charge is 2.16. The summed E-state index contributed by atoms with van der Waals surface area (Å²) in [4.78, 5) is 11.6. The third kappa shape index (κ3) is 7.81. The van der Waals surface area contributed by atoms with E-state index in [1.807, 2.05) is 6.07 Å². The zero-order valence-electron chi connectivity index (χ0n) is 21.2. The maximum Gasteiger partial charge on any atom is 0.306 e. The summed E-state index contributed by atoms with van der Waals surface area (Å²) >= 11 is 0. The molecule has 2 atom stereocenters. The van der Waals surface area contributed by atoms with E-state index in [1.165, 1.54) is 47.9 Å². The highest BCUT2D eigenvalue weighted by molar-refractivity contribution is 5.69. The SMILES string of the molecule is CCOC(=O)CCc1ccc(C#N)c(OC[C@H](O)CN[C@H](C)Cc2ccc3c(c2C)CCCC3)c1. The maximum absolute atomic E-state index is 11.6. The van der Waals surface area contributed by atoms with E-state index < -0.39 is 6.10 Å². The number of nitrogens with zero attached hydrogens (tertiary/aromatic N) is 1. The molecule has 2 N–H and O–H groups in total. The molecule has 0 spiro atoms. The lowest BCUT2D eigenvalue weighted by Crippen LogP contribution is -2.37. The molecule has 3 rings (SSSR count). The van der Waals surface area contributed by atoms with Crippen LogP contribution in [-0.2, 0) is 35.2 Å². The Bertz CT molecular complexity index is 1040. The number of ether oxygens (including phenoxy) is 2. The van der Waals surface area contributed by atoms with Crippen molar-refractivity contribution in [3.63, 3.8) is 0 Å². The Morgan fingerprint density at radius 1 is 1.23 bits per heavy atom. The van der Waals surface area contributed by atoms with Gasteiger partial charge in [-0.3, -0.25) is 4.79 Å². The lowest BCUT2D eigenvalue weighted by atomic mass is 9.85. The average molecular weight is 479 g/mol. The van der Waals surface area contributed by atoms with Crippen LogP contribution in [0.3, 0.4) is 0 Å². The summed E-state index contributed by atoms with van der Waals surface area (Å²) in [5.74, 6) is 0.172. The van der Waals surface area contributed by atoms with Crippen molar-refractivity contribution in [3.8, 4) is 11.8 Å². The van der Waals surface area contributed by atoms with Crippen LogP contribution >= 0.6 is 0 Å². The van der Waals surface area contributed by atoms with Gasteiger partial charge in [0.2, 0.25) is 0 Å². The van der Waals surface area contributed by atoms with Gasteiger partial charge >= 0.3 is 5.97 Å². The van der Waals surface area contributed by atoms with Crippen molar-refractivity contribution >= 4 is 5.97 Å². The average Bonchev–Trinajstić information content (AvgIpc) is 2.87. The monoisotopic (exact) mass is 478 g/mol. The first-order chi connectivity index (χ1) is 16.9. The summed E-state index contributed by atoms with van der Waals surface area (Å²) in [7, 11) is 0. The van der Waals surface area contributed by atoms with Crippen LogP contribution < -0.4 is 10.1 Å². The van der Waals surface area contributed by atoms with E-state index in [4.69, 9.17) is 9.47 Å². The zero-order chi connectivity index (χ0) is 25.2. The maximum atomic E-state index is 11.6. The van der Waals surface area contributed by atoms with Crippen molar-refractivity contribution in [2.45, 2.75) is 77.9 Å². The molecular formula is C29H38N2O4. The second kappa shape index (κ2) is 13.3. The summed E-state index contributed by atoms with van der Waals surface area (Å²) in [6, 6.07) is 12.1. The molecule has 6 heteroatoms. The Hall–Kier alpha value is -2.88. The summed E-state index contributed by atoms with van der Waals surface area (Å²) in [5.41, 5.74) is 7.12. The molecular weight excluding hydrogens is 440 g/mol. The third-order valence-electron chi connectivity index (χ3n) is 6.68. The van der Waals surface area contributed by atoms with Gasteiger partial charge in [-0.2, -0.15) is 5.26 Å². The fraction of sp³-hybridized carbons (Fsp3) is 0.517. The first-order valence-electron chi connectivity index (χ1n) is 12.7. The molecule has 0 amide bonds. The van der Waals surface area contributed by atoms with E-state index in [-0.39, 0.29) is 25.0 Å². The molecule has 35 heavy (non-hydrogen) atoms. The number of nitriles is 1. The van der Waals surface area contributed by atoms with Crippen molar-refractivity contribution < 1.29 is 19.4 Å². The number of carbonyl (C=O) groups excluding carboxylic acids is 1. The molecule has 0 heterocycles. The number of aryl methyl sites for hydroxylation is 2. The van der Waals surface area contributed by atoms with E-state index in [2.05, 4.69) is 37.4 Å². The number of rotatable bonds is 12. The smallest absolute Gasteiger partial charge is 0.306 e. The van der Waals surface area contributed by atoms with E-state index >= 15 is 0 Å². The van der Waals surface area contributed by atoms with Crippen LogP contribution in [0.1, 0.15) is 66.5 Å². The predicted molar refractivity (Wildman–Crippen MR) is 137 cm³/mol. The van der Waals surface area contributed by atoms with Gasteiger partial charge in [-0.1, -0.05) is 18.2 Å². The molecule has 0 unspecified atom stereocenters. The second-order valence-corrected chi connectivity index (χ2v) is 9.42. The molecule has 6 nitrogen and oxygen atoms in total.